The van der Waals surface area contributed by atoms with Gasteiger partial charge in [0.1, 0.15) is 10.7 Å². The number of carbonyl (C=O) groups excluding carboxylic acids is 2. The highest BCUT2D eigenvalue weighted by atomic mass is 32.2. The predicted octanol–water partition coefficient (Wildman–Crippen LogP) is 1.13. The summed E-state index contributed by atoms with van der Waals surface area (Å²) in [6.45, 7) is 0.659. The minimum absolute atomic E-state index is 0.0351. The summed E-state index contributed by atoms with van der Waals surface area (Å²) in [4.78, 5) is 23.3. The van der Waals surface area contributed by atoms with Crippen molar-refractivity contribution < 1.29 is 27.1 Å². The van der Waals surface area contributed by atoms with Crippen molar-refractivity contribution in [1.29, 1.82) is 0 Å². The maximum absolute atomic E-state index is 14.3. The maximum atomic E-state index is 14.3. The third-order valence-corrected chi connectivity index (χ3v) is 6.33. The molecule has 0 saturated carbocycles. The Bertz CT molecular complexity index is 1040. The molecule has 2 aromatic carbocycles. The third-order valence-electron chi connectivity index (χ3n) is 4.41. The molecule has 8 nitrogen and oxygen atoms in total. The van der Waals surface area contributed by atoms with Gasteiger partial charge in [0.25, 0.3) is 5.91 Å². The molecule has 0 spiro atoms. The highest BCUT2D eigenvalue weighted by Gasteiger charge is 2.29. The zero-order valence-electron chi connectivity index (χ0n) is 15.4. The van der Waals surface area contributed by atoms with Crippen LogP contribution >= 0.6 is 0 Å². The molecule has 3 rings (SSSR count). The molecule has 1 aliphatic heterocycles. The fraction of sp³-hybridized carbons (Fsp3) is 0.263. The number of ether oxygens (including phenoxy) is 1. The first kappa shape index (κ1) is 20.9. The molecule has 0 aliphatic carbocycles. The molecule has 0 unspecified atom stereocenters. The van der Waals surface area contributed by atoms with E-state index in [0.717, 1.165) is 16.4 Å². The second-order valence-electron chi connectivity index (χ2n) is 6.42. The van der Waals surface area contributed by atoms with E-state index in [9.17, 15) is 22.4 Å². The molecule has 1 fully saturated rings. The van der Waals surface area contributed by atoms with Crippen LogP contribution in [-0.2, 0) is 26.0 Å². The molecule has 1 heterocycles. The highest BCUT2D eigenvalue weighted by molar-refractivity contribution is 7.89. The molecule has 10 heteroatoms. The largest absolute Gasteiger partial charge is 0.379 e. The van der Waals surface area contributed by atoms with Crippen molar-refractivity contribution in [3.63, 3.8) is 0 Å². The van der Waals surface area contributed by atoms with Gasteiger partial charge in [-0.25, -0.2) is 12.8 Å². The van der Waals surface area contributed by atoms with Gasteiger partial charge >= 0.3 is 0 Å². The molecule has 2 amide bonds. The lowest BCUT2D eigenvalue weighted by molar-refractivity contribution is -0.117. The minimum atomic E-state index is -4.11. The smallest absolute Gasteiger partial charge is 0.255 e. The van der Waals surface area contributed by atoms with Crippen molar-refractivity contribution in [2.75, 3.05) is 31.6 Å². The Morgan fingerprint density at radius 1 is 1.14 bits per heavy atom. The molecular formula is C19H20FN3O5S. The number of nitrogens with zero attached hydrogens (tertiary/aromatic N) is 1. The molecular weight excluding hydrogens is 401 g/mol. The molecule has 0 aromatic heterocycles. The van der Waals surface area contributed by atoms with E-state index < -0.39 is 32.6 Å². The van der Waals surface area contributed by atoms with Crippen LogP contribution in [0.5, 0.6) is 0 Å². The van der Waals surface area contributed by atoms with E-state index in [4.69, 9.17) is 10.5 Å². The Labute approximate surface area is 167 Å². The summed E-state index contributed by atoms with van der Waals surface area (Å²) in [5.74, 6) is -2.14. The quantitative estimate of drug-likeness (QED) is 0.725. The number of nitrogens with one attached hydrogen (secondary N) is 1. The topological polar surface area (TPSA) is 119 Å². The standard InChI is InChI=1S/C19H20FN3O5S/c20-15-6-5-14(11-17(15)29(26,27)23-7-9-28-10-8-23)19(25)22-16-4-2-1-3-13(16)12-18(21)24/h1-6,11H,7-10,12H2,(H2,21,24)(H,22,25). The van der Waals surface area contributed by atoms with Gasteiger partial charge < -0.3 is 15.8 Å². The number of halogens is 1. The van der Waals surface area contributed by atoms with E-state index in [-0.39, 0.29) is 38.3 Å². The summed E-state index contributed by atoms with van der Waals surface area (Å²) in [5, 5.41) is 2.61. The molecule has 1 aliphatic rings. The molecule has 0 bridgehead atoms. The van der Waals surface area contributed by atoms with Gasteiger partial charge in [-0.05, 0) is 29.8 Å². The number of morpholine rings is 1. The first-order valence-corrected chi connectivity index (χ1v) is 10.3. The van der Waals surface area contributed by atoms with Crippen LogP contribution in [0.1, 0.15) is 15.9 Å². The number of anilines is 1. The Morgan fingerprint density at radius 2 is 1.83 bits per heavy atom. The molecule has 154 valence electrons. The Hall–Kier alpha value is -2.82. The Kier molecular flexibility index (Phi) is 6.26. The van der Waals surface area contributed by atoms with Gasteiger partial charge in [0.2, 0.25) is 15.9 Å². The lowest BCUT2D eigenvalue weighted by Crippen LogP contribution is -2.41. The van der Waals surface area contributed by atoms with Crippen LogP contribution in [0.4, 0.5) is 10.1 Å². The number of primary amides is 1. The minimum Gasteiger partial charge on any atom is -0.379 e. The van der Waals surface area contributed by atoms with Crippen molar-refractivity contribution in [2.45, 2.75) is 11.3 Å². The molecule has 3 N–H and O–H groups in total. The summed E-state index contributed by atoms with van der Waals surface area (Å²) in [6, 6.07) is 9.73. The van der Waals surface area contributed by atoms with Crippen LogP contribution in [0.25, 0.3) is 0 Å². The number of carbonyl (C=O) groups is 2. The van der Waals surface area contributed by atoms with Crippen molar-refractivity contribution in [3.05, 3.63) is 59.4 Å². The van der Waals surface area contributed by atoms with Gasteiger partial charge in [0.15, 0.2) is 0 Å². The van der Waals surface area contributed by atoms with Gasteiger partial charge in [0, 0.05) is 24.3 Å². The number of benzene rings is 2. The van der Waals surface area contributed by atoms with Crippen molar-refractivity contribution in [1.82, 2.24) is 4.31 Å². The lowest BCUT2D eigenvalue weighted by Gasteiger charge is -2.26. The van der Waals surface area contributed by atoms with Gasteiger partial charge in [-0.15, -0.1) is 0 Å². The van der Waals surface area contributed by atoms with Gasteiger partial charge in [0.05, 0.1) is 19.6 Å². The number of para-hydroxylation sites is 1. The fourth-order valence-electron chi connectivity index (χ4n) is 2.95. The summed E-state index contributed by atoms with van der Waals surface area (Å²) in [5.41, 5.74) is 6.05. The number of hydrogen-bond donors (Lipinski definition) is 2. The first-order valence-electron chi connectivity index (χ1n) is 8.84. The number of rotatable bonds is 6. The molecule has 0 atom stereocenters. The maximum Gasteiger partial charge on any atom is 0.255 e. The van der Waals surface area contributed by atoms with Crippen LogP contribution in [0.15, 0.2) is 47.4 Å². The van der Waals surface area contributed by atoms with E-state index >= 15 is 0 Å². The van der Waals surface area contributed by atoms with Crippen LogP contribution in [-0.4, -0.2) is 50.8 Å². The third kappa shape index (κ3) is 4.78. The summed E-state index contributed by atoms with van der Waals surface area (Å²) in [7, 11) is -4.11. The van der Waals surface area contributed by atoms with Gasteiger partial charge in [-0.2, -0.15) is 4.31 Å². The number of sulfonamides is 1. The van der Waals surface area contributed by atoms with E-state index in [1.165, 1.54) is 6.07 Å². The second-order valence-corrected chi connectivity index (χ2v) is 8.32. The van der Waals surface area contributed by atoms with Crippen molar-refractivity contribution in [3.8, 4) is 0 Å². The summed E-state index contributed by atoms with van der Waals surface area (Å²) >= 11 is 0. The average Bonchev–Trinajstić information content (AvgIpc) is 2.70. The molecule has 2 aromatic rings. The lowest BCUT2D eigenvalue weighted by atomic mass is 10.1. The summed E-state index contributed by atoms with van der Waals surface area (Å²) in [6.07, 6.45) is -0.0729. The summed E-state index contributed by atoms with van der Waals surface area (Å²) < 4.78 is 46.1. The number of amides is 2. The first-order chi connectivity index (χ1) is 13.8. The van der Waals surface area contributed by atoms with Gasteiger partial charge in [-0.1, -0.05) is 18.2 Å². The Morgan fingerprint density at radius 3 is 2.52 bits per heavy atom. The van der Waals surface area contributed by atoms with E-state index in [1.54, 1.807) is 24.3 Å². The SMILES string of the molecule is NC(=O)Cc1ccccc1NC(=O)c1ccc(F)c(S(=O)(=O)N2CCOCC2)c1. The normalized spacial score (nSPS) is 15.1. The van der Waals surface area contributed by atoms with Crippen molar-refractivity contribution >= 4 is 27.5 Å². The fourth-order valence-corrected chi connectivity index (χ4v) is 4.45. The van der Waals surface area contributed by atoms with Crippen LogP contribution in [0, 0.1) is 5.82 Å². The van der Waals surface area contributed by atoms with E-state index in [1.807, 2.05) is 0 Å². The Balaban J connectivity index is 1.88. The van der Waals surface area contributed by atoms with Crippen LogP contribution in [0.2, 0.25) is 0 Å². The predicted molar refractivity (Wildman–Crippen MR) is 103 cm³/mol. The van der Waals surface area contributed by atoms with Crippen LogP contribution < -0.4 is 11.1 Å². The van der Waals surface area contributed by atoms with E-state index in [0.29, 0.717) is 11.3 Å². The van der Waals surface area contributed by atoms with Crippen molar-refractivity contribution in [2.24, 2.45) is 5.73 Å². The van der Waals surface area contributed by atoms with Gasteiger partial charge in [-0.3, -0.25) is 9.59 Å². The zero-order valence-corrected chi connectivity index (χ0v) is 16.2. The number of hydrogen-bond acceptors (Lipinski definition) is 5. The van der Waals surface area contributed by atoms with Crippen LogP contribution in [0.3, 0.4) is 0 Å². The highest BCUT2D eigenvalue weighted by Crippen LogP contribution is 2.23. The molecule has 29 heavy (non-hydrogen) atoms. The van der Waals surface area contributed by atoms with E-state index in [2.05, 4.69) is 5.32 Å². The molecule has 0 radical (unpaired) electrons. The second kappa shape index (κ2) is 8.68. The monoisotopic (exact) mass is 421 g/mol. The number of nitrogens with two attached hydrogens (primary N) is 1. The zero-order chi connectivity index (χ0) is 21.0. The molecule has 1 saturated heterocycles. The average molecular weight is 421 g/mol.